The molecule has 0 spiro atoms. The number of Topliss-reactive ketones (excluding diaryl/α,β-unsaturated/α-hetero) is 1. The molecule has 0 amide bonds. The van der Waals surface area contributed by atoms with Crippen molar-refractivity contribution in [1.29, 1.82) is 0 Å². The topological polar surface area (TPSA) is 102 Å². The largest absolute Gasteiger partial charge is 0.506 e. The number of hydrogen-bond donors (Lipinski definition) is 1. The van der Waals surface area contributed by atoms with Gasteiger partial charge in [0, 0.05) is 98.8 Å². The maximum absolute atomic E-state index is 14.3. The van der Waals surface area contributed by atoms with E-state index < -0.39 is 43.2 Å². The van der Waals surface area contributed by atoms with Crippen molar-refractivity contribution in [3.63, 3.8) is 0 Å². The molecule has 361 valence electrons. The number of carbonyl (C=O) groups excluding carboxylic acids is 1. The number of halogens is 3. The van der Waals surface area contributed by atoms with Crippen molar-refractivity contribution >= 4 is 62.5 Å². The number of fused-ring (bicyclic) bond motifs is 5. The monoisotopic (exact) mass is 1100 g/mol. The van der Waals surface area contributed by atoms with E-state index in [0.29, 0.717) is 38.7 Å². The maximum atomic E-state index is 14.3. The van der Waals surface area contributed by atoms with Gasteiger partial charge in [-0.05, 0) is 89.2 Å². The summed E-state index contributed by atoms with van der Waals surface area (Å²) in [6.45, 7) is 4.54. The van der Waals surface area contributed by atoms with Gasteiger partial charge in [0.15, 0.2) is 11.1 Å². The van der Waals surface area contributed by atoms with Crippen molar-refractivity contribution in [1.82, 2.24) is 0 Å². The van der Waals surface area contributed by atoms with Crippen molar-refractivity contribution < 1.29 is 86.0 Å². The molecule has 2 aromatic carbocycles. The zero-order valence-corrected chi connectivity index (χ0v) is 43.9. The third kappa shape index (κ3) is 11.9. The van der Waals surface area contributed by atoms with Crippen LogP contribution in [0.15, 0.2) is 45.6 Å². The molecule has 0 aliphatic heterocycles. The van der Waals surface area contributed by atoms with E-state index in [1.165, 1.54) is 178 Å². The zero-order chi connectivity index (χ0) is 45.5. The number of alkyl halides is 3. The molecule has 1 N–H and O–H groups in total. The molecule has 5 aliphatic rings. The summed E-state index contributed by atoms with van der Waals surface area (Å²) in [5.74, 6) is -3.45. The second-order valence-corrected chi connectivity index (χ2v) is 28.3. The van der Waals surface area contributed by atoms with Crippen LogP contribution in [-0.2, 0) is 9.13 Å². The van der Waals surface area contributed by atoms with E-state index in [9.17, 15) is 37.0 Å². The minimum atomic E-state index is -5.29. The van der Waals surface area contributed by atoms with Crippen LogP contribution in [0, 0.1) is 49.4 Å². The van der Waals surface area contributed by atoms with Gasteiger partial charge in [-0.3, -0.25) is 4.79 Å². The predicted molar refractivity (Wildman–Crippen MR) is 261 cm³/mol. The summed E-state index contributed by atoms with van der Waals surface area (Å²) in [6, 6.07) is 10.3. The van der Waals surface area contributed by atoms with Crippen LogP contribution in [0.1, 0.15) is 198 Å². The Morgan fingerprint density at radius 2 is 1.05 bits per heavy atom. The molecule has 5 aliphatic carbocycles. The van der Waals surface area contributed by atoms with Crippen LogP contribution >= 0.6 is 25.6 Å². The van der Waals surface area contributed by atoms with Crippen molar-refractivity contribution in [3.05, 3.63) is 52.4 Å². The number of carbonyl (C=O) groups is 1. The number of ketones is 1. The van der Waals surface area contributed by atoms with Crippen LogP contribution in [0.5, 0.6) is 5.75 Å². The van der Waals surface area contributed by atoms with Crippen LogP contribution in [0.2, 0.25) is 0 Å². The van der Waals surface area contributed by atoms with Crippen molar-refractivity contribution in [2.24, 2.45) is 0 Å². The van der Waals surface area contributed by atoms with Crippen LogP contribution in [0.4, 0.5) is 13.2 Å². The Balaban J connectivity index is 0.000000162. The SMILES string of the molecule is CCC(CC)P(=O)(C1CCCCC1)C1CCCCC1.O=C(c1c(O)c2ccc3c4ccccc4sc3c2oc1=O)C(F)(F)F.O=P(C1CCCCC1)(C1CCCCC1)C1CCCCC1.[Eu]. The van der Waals surface area contributed by atoms with Crippen LogP contribution < -0.4 is 5.63 Å². The Labute approximate surface area is 430 Å². The average molecular weight is 1100 g/mol. The average Bonchev–Trinajstić information content (AvgIpc) is 3.72. The second-order valence-electron chi connectivity index (χ2n) is 19.8. The van der Waals surface area contributed by atoms with Crippen molar-refractivity contribution in [2.45, 2.75) is 227 Å². The Bertz CT molecular complexity index is 2250. The zero-order valence-electron chi connectivity index (χ0n) is 38.8. The van der Waals surface area contributed by atoms with E-state index in [1.807, 2.05) is 24.3 Å². The van der Waals surface area contributed by atoms with Gasteiger partial charge in [-0.15, -0.1) is 11.3 Å². The minimum absolute atomic E-state index is 0. The molecule has 0 unspecified atom stereocenters. The molecule has 1 radical (unpaired) electrons. The molecule has 2 aromatic heterocycles. The van der Waals surface area contributed by atoms with E-state index in [2.05, 4.69) is 13.8 Å². The van der Waals surface area contributed by atoms with Gasteiger partial charge in [0.2, 0.25) is 0 Å². The molecule has 5 saturated carbocycles. The van der Waals surface area contributed by atoms with Crippen molar-refractivity contribution in [2.75, 3.05) is 0 Å². The van der Waals surface area contributed by atoms with E-state index in [-0.39, 0.29) is 60.3 Å². The number of hydrogen-bond acceptors (Lipinski definition) is 7. The Hall–Kier alpha value is -0.826. The molecule has 0 saturated heterocycles. The molecule has 65 heavy (non-hydrogen) atoms. The summed E-state index contributed by atoms with van der Waals surface area (Å²) in [6.07, 6.45) is 30.3. The summed E-state index contributed by atoms with van der Waals surface area (Å²) < 4.78 is 72.7. The number of aromatic hydroxyl groups is 1. The molecule has 0 atom stereocenters. The molecule has 2 heterocycles. The minimum Gasteiger partial charge on any atom is -0.506 e. The maximum Gasteiger partial charge on any atom is 0.455 e. The normalized spacial score (nSPS) is 20.5. The van der Waals surface area contributed by atoms with Crippen LogP contribution in [0.3, 0.4) is 0 Å². The third-order valence-electron chi connectivity index (χ3n) is 16.1. The second kappa shape index (κ2) is 24.3. The van der Waals surface area contributed by atoms with Gasteiger partial charge >= 0.3 is 11.8 Å². The molecule has 13 heteroatoms. The predicted octanol–water partition coefficient (Wildman–Crippen LogP) is 17.2. The molecular weight excluding hydrogens is 1020 g/mol. The first-order chi connectivity index (χ1) is 30.8. The summed E-state index contributed by atoms with van der Waals surface area (Å²) in [7, 11) is -3.93. The molecule has 4 aromatic rings. The fraction of sp³-hybridized carbons (Fsp3) is 0.692. The van der Waals surface area contributed by atoms with Crippen LogP contribution in [0.25, 0.3) is 31.1 Å². The Kier molecular flexibility index (Phi) is 20.0. The van der Waals surface area contributed by atoms with Gasteiger partial charge in [-0.1, -0.05) is 134 Å². The van der Waals surface area contributed by atoms with Crippen LogP contribution in [-0.4, -0.2) is 51.0 Å². The number of thiophene rings is 1. The van der Waals surface area contributed by atoms with E-state index >= 15 is 0 Å². The summed E-state index contributed by atoms with van der Waals surface area (Å²) in [5.41, 5.74) is 0.632. The van der Waals surface area contributed by atoms with Gasteiger partial charge in [0.1, 0.15) is 5.75 Å². The first-order valence-corrected chi connectivity index (χ1v) is 29.9. The summed E-state index contributed by atoms with van der Waals surface area (Å²) in [4.78, 5) is 23.4. The number of rotatable bonds is 9. The summed E-state index contributed by atoms with van der Waals surface area (Å²) in [5, 5.41) is 11.6. The Morgan fingerprint density at radius 3 is 1.46 bits per heavy atom. The van der Waals surface area contributed by atoms with E-state index in [1.54, 1.807) is 6.07 Å². The van der Waals surface area contributed by atoms with Gasteiger partial charge in [-0.25, -0.2) is 4.79 Å². The standard InChI is InChI=1S/C18H33OP.C17H7F3O4S.C17H33OP.Eu/c19-20(16-10-4-1-5-11-16,17-12-6-2-7-13-17)18-14-8-3-9-15-18;18-17(19,20)15(22)11-12(21)9-6-5-8-7-3-1-2-4-10(7)25-14(8)13(9)24-16(11)23;1-3-15(4-2)19(18,16-11-7-5-8-12-16)17-13-9-6-10-14-17;/h16-18H,1-15H2;1-6,21H;15-17H,3-14H2,1-2H3;. The van der Waals surface area contributed by atoms with Gasteiger partial charge in [-0.2, -0.15) is 13.2 Å². The smallest absolute Gasteiger partial charge is 0.455 e. The molecule has 0 bridgehead atoms. The van der Waals surface area contributed by atoms with E-state index in [4.69, 9.17) is 4.42 Å². The molecule has 6 nitrogen and oxygen atoms in total. The van der Waals surface area contributed by atoms with Gasteiger partial charge in [0.05, 0.1) is 24.4 Å². The van der Waals surface area contributed by atoms with E-state index in [0.717, 1.165) is 28.3 Å². The number of benzene rings is 2. The Morgan fingerprint density at radius 1 is 0.646 bits per heavy atom. The molecular formula is C52H73EuF3O6P2S. The fourth-order valence-electron chi connectivity index (χ4n) is 12.8. The van der Waals surface area contributed by atoms with Crippen molar-refractivity contribution in [3.8, 4) is 5.75 Å². The molecule has 5 fully saturated rings. The van der Waals surface area contributed by atoms with Gasteiger partial charge < -0.3 is 18.7 Å². The third-order valence-corrected chi connectivity index (χ3v) is 27.5. The van der Waals surface area contributed by atoms with Gasteiger partial charge in [0.25, 0.3) is 5.78 Å². The molecule has 9 rings (SSSR count). The first-order valence-electron chi connectivity index (χ1n) is 25.2. The fourth-order valence-corrected chi connectivity index (χ4v) is 24.6. The quantitative estimate of drug-likeness (QED) is 0.102. The summed E-state index contributed by atoms with van der Waals surface area (Å²) >= 11 is 1.28. The first kappa shape index (κ1) is 53.5.